The Hall–Kier alpha value is -2.48. The van der Waals surface area contributed by atoms with Gasteiger partial charge >= 0.3 is 6.03 Å². The standard InChI is InChI=1S/C18H18BrF2N3O2/c19-13-2-5-15(6-3-13)24-18(26)23-10-8-17(25)22-9-7-12-1-4-14(20)11-16(12)21/h1-6,11H,7-10H2,(H,22,25)(H2,23,24,26). The lowest BCUT2D eigenvalue weighted by molar-refractivity contribution is -0.120. The molecule has 0 aromatic heterocycles. The van der Waals surface area contributed by atoms with E-state index < -0.39 is 17.7 Å². The van der Waals surface area contributed by atoms with Gasteiger partial charge in [-0.05, 0) is 42.3 Å². The van der Waals surface area contributed by atoms with Crippen LogP contribution in [0.15, 0.2) is 46.9 Å². The van der Waals surface area contributed by atoms with Gasteiger partial charge in [0, 0.05) is 35.7 Å². The van der Waals surface area contributed by atoms with Crippen molar-refractivity contribution < 1.29 is 18.4 Å². The van der Waals surface area contributed by atoms with Crippen LogP contribution in [0.2, 0.25) is 0 Å². The molecule has 26 heavy (non-hydrogen) atoms. The summed E-state index contributed by atoms with van der Waals surface area (Å²) in [6.45, 7) is 0.394. The van der Waals surface area contributed by atoms with Crippen LogP contribution in [0, 0.1) is 11.6 Å². The van der Waals surface area contributed by atoms with Crippen molar-refractivity contribution >= 4 is 33.6 Å². The van der Waals surface area contributed by atoms with Crippen molar-refractivity contribution in [3.8, 4) is 0 Å². The Morgan fingerprint density at radius 2 is 1.69 bits per heavy atom. The lowest BCUT2D eigenvalue weighted by atomic mass is 10.1. The molecular weight excluding hydrogens is 408 g/mol. The zero-order valence-electron chi connectivity index (χ0n) is 13.8. The van der Waals surface area contributed by atoms with Crippen LogP contribution in [0.3, 0.4) is 0 Å². The molecule has 2 aromatic rings. The Balaban J connectivity index is 1.62. The highest BCUT2D eigenvalue weighted by Crippen LogP contribution is 2.13. The second kappa shape index (κ2) is 9.86. The van der Waals surface area contributed by atoms with E-state index in [1.54, 1.807) is 24.3 Å². The first kappa shape index (κ1) is 19.8. The van der Waals surface area contributed by atoms with Gasteiger partial charge in [0.2, 0.25) is 5.91 Å². The minimum absolute atomic E-state index is 0.0969. The fourth-order valence-corrected chi connectivity index (χ4v) is 2.41. The summed E-state index contributed by atoms with van der Waals surface area (Å²) < 4.78 is 27.2. The Kier molecular flexibility index (Phi) is 7.53. The molecule has 3 amide bonds. The Bertz CT molecular complexity index is 770. The highest BCUT2D eigenvalue weighted by Gasteiger charge is 2.06. The van der Waals surface area contributed by atoms with E-state index >= 15 is 0 Å². The zero-order chi connectivity index (χ0) is 18.9. The monoisotopic (exact) mass is 425 g/mol. The molecule has 2 rings (SSSR count). The van der Waals surface area contributed by atoms with E-state index in [1.165, 1.54) is 12.1 Å². The van der Waals surface area contributed by atoms with Crippen LogP contribution in [0.25, 0.3) is 0 Å². The molecule has 0 unspecified atom stereocenters. The van der Waals surface area contributed by atoms with Gasteiger partial charge in [-0.3, -0.25) is 4.79 Å². The van der Waals surface area contributed by atoms with Crippen LogP contribution < -0.4 is 16.0 Å². The molecule has 0 heterocycles. The predicted octanol–water partition coefficient (Wildman–Crippen LogP) is 3.60. The maximum atomic E-state index is 13.5. The first-order valence-corrected chi connectivity index (χ1v) is 8.74. The number of anilines is 1. The molecule has 3 N–H and O–H groups in total. The molecule has 0 radical (unpaired) electrons. The van der Waals surface area contributed by atoms with E-state index in [1.807, 2.05) is 0 Å². The Morgan fingerprint density at radius 1 is 0.962 bits per heavy atom. The molecule has 2 aromatic carbocycles. The topological polar surface area (TPSA) is 70.2 Å². The predicted molar refractivity (Wildman–Crippen MR) is 98.9 cm³/mol. The molecule has 0 spiro atoms. The fraction of sp³-hybridized carbons (Fsp3) is 0.222. The van der Waals surface area contributed by atoms with Gasteiger partial charge in [0.1, 0.15) is 11.6 Å². The van der Waals surface area contributed by atoms with Crippen LogP contribution in [0.5, 0.6) is 0 Å². The fourth-order valence-electron chi connectivity index (χ4n) is 2.15. The molecule has 0 aliphatic rings. The molecule has 0 aliphatic carbocycles. The second-order valence-corrected chi connectivity index (χ2v) is 6.39. The molecule has 0 bridgehead atoms. The molecular formula is C18H18BrF2N3O2. The quantitative estimate of drug-likeness (QED) is 0.634. The summed E-state index contributed by atoms with van der Waals surface area (Å²) in [6.07, 6.45) is 0.356. The first-order chi connectivity index (χ1) is 12.4. The molecule has 5 nitrogen and oxygen atoms in total. The third-order valence-corrected chi connectivity index (χ3v) is 4.00. The van der Waals surface area contributed by atoms with Crippen LogP contribution >= 0.6 is 15.9 Å². The molecule has 0 saturated heterocycles. The van der Waals surface area contributed by atoms with E-state index in [4.69, 9.17) is 0 Å². The SMILES string of the molecule is O=C(CCNC(=O)Nc1ccc(Br)cc1)NCCc1ccc(F)cc1F. The van der Waals surface area contributed by atoms with Gasteiger partial charge in [0.15, 0.2) is 0 Å². The van der Waals surface area contributed by atoms with E-state index in [9.17, 15) is 18.4 Å². The van der Waals surface area contributed by atoms with Crippen LogP contribution in [0.1, 0.15) is 12.0 Å². The number of hydrogen-bond acceptors (Lipinski definition) is 2. The van der Waals surface area contributed by atoms with Crippen molar-refractivity contribution in [1.82, 2.24) is 10.6 Å². The van der Waals surface area contributed by atoms with Gasteiger partial charge in [0.25, 0.3) is 0 Å². The van der Waals surface area contributed by atoms with E-state index in [0.29, 0.717) is 11.3 Å². The number of hydrogen-bond donors (Lipinski definition) is 3. The van der Waals surface area contributed by atoms with Crippen LogP contribution in [-0.4, -0.2) is 25.0 Å². The number of amides is 3. The van der Waals surface area contributed by atoms with Crippen molar-refractivity contribution in [2.75, 3.05) is 18.4 Å². The minimum Gasteiger partial charge on any atom is -0.356 e. The van der Waals surface area contributed by atoms with Gasteiger partial charge in [-0.15, -0.1) is 0 Å². The number of halogens is 3. The number of carbonyl (C=O) groups excluding carboxylic acids is 2. The third-order valence-electron chi connectivity index (χ3n) is 3.47. The van der Waals surface area contributed by atoms with Crippen molar-refractivity contribution in [3.63, 3.8) is 0 Å². The minimum atomic E-state index is -0.636. The molecule has 0 fully saturated rings. The number of nitrogens with one attached hydrogen (secondary N) is 3. The average Bonchev–Trinajstić information content (AvgIpc) is 2.59. The largest absolute Gasteiger partial charge is 0.356 e. The van der Waals surface area contributed by atoms with Crippen LogP contribution in [-0.2, 0) is 11.2 Å². The van der Waals surface area contributed by atoms with Gasteiger partial charge < -0.3 is 16.0 Å². The van der Waals surface area contributed by atoms with Crippen molar-refractivity contribution in [2.24, 2.45) is 0 Å². The van der Waals surface area contributed by atoms with Gasteiger partial charge in [-0.25, -0.2) is 13.6 Å². The molecule has 0 saturated carbocycles. The summed E-state index contributed by atoms with van der Waals surface area (Å²) in [4.78, 5) is 23.4. The molecule has 0 aliphatic heterocycles. The summed E-state index contributed by atoms with van der Waals surface area (Å²) in [5, 5.41) is 7.85. The van der Waals surface area contributed by atoms with Crippen molar-refractivity contribution in [1.29, 1.82) is 0 Å². The maximum absolute atomic E-state index is 13.5. The number of rotatable bonds is 7. The lowest BCUT2D eigenvalue weighted by Crippen LogP contribution is -2.34. The summed E-state index contributed by atoms with van der Waals surface area (Å²) >= 11 is 3.30. The molecule has 8 heteroatoms. The molecule has 138 valence electrons. The first-order valence-electron chi connectivity index (χ1n) is 7.95. The Morgan fingerprint density at radius 3 is 2.38 bits per heavy atom. The number of carbonyl (C=O) groups is 2. The third kappa shape index (κ3) is 6.79. The number of urea groups is 1. The molecule has 0 atom stereocenters. The maximum Gasteiger partial charge on any atom is 0.319 e. The van der Waals surface area contributed by atoms with E-state index in [2.05, 4.69) is 31.9 Å². The summed E-state index contributed by atoms with van der Waals surface area (Å²) in [7, 11) is 0. The zero-order valence-corrected chi connectivity index (χ0v) is 15.4. The smallest absolute Gasteiger partial charge is 0.319 e. The Labute approximate surface area is 158 Å². The van der Waals surface area contributed by atoms with Gasteiger partial charge in [-0.2, -0.15) is 0 Å². The average molecular weight is 426 g/mol. The van der Waals surface area contributed by atoms with E-state index in [-0.39, 0.29) is 31.8 Å². The highest BCUT2D eigenvalue weighted by atomic mass is 79.9. The lowest BCUT2D eigenvalue weighted by Gasteiger charge is -2.09. The summed E-state index contributed by atoms with van der Waals surface area (Å²) in [5.74, 6) is -1.54. The summed E-state index contributed by atoms with van der Waals surface area (Å²) in [5.41, 5.74) is 0.968. The second-order valence-electron chi connectivity index (χ2n) is 5.47. The highest BCUT2D eigenvalue weighted by molar-refractivity contribution is 9.10. The van der Waals surface area contributed by atoms with Gasteiger partial charge in [0.05, 0.1) is 0 Å². The van der Waals surface area contributed by atoms with Crippen molar-refractivity contribution in [2.45, 2.75) is 12.8 Å². The van der Waals surface area contributed by atoms with Crippen LogP contribution in [0.4, 0.5) is 19.3 Å². The summed E-state index contributed by atoms with van der Waals surface area (Å²) in [6, 6.07) is 10.0. The number of benzene rings is 2. The van der Waals surface area contributed by atoms with Crippen molar-refractivity contribution in [3.05, 3.63) is 64.1 Å². The van der Waals surface area contributed by atoms with Gasteiger partial charge in [-0.1, -0.05) is 22.0 Å². The normalized spacial score (nSPS) is 10.3. The van der Waals surface area contributed by atoms with E-state index in [0.717, 1.165) is 10.5 Å².